The van der Waals surface area contributed by atoms with Crippen molar-refractivity contribution in [1.29, 1.82) is 0 Å². The van der Waals surface area contributed by atoms with Crippen molar-refractivity contribution in [1.82, 2.24) is 9.88 Å². The molecule has 0 atom stereocenters. The third kappa shape index (κ3) is 5.72. The standard InChI is InChI=1S/C29H30N2O2/c1-21-9-13-25(14-10-21)20-31-19-23(3)27(26-15-11-22(2)12-16-26)28(31)33-29(32)30-18-17-24-7-5-4-6-8-24/h4-16,19H,17-18,20H2,1-3H3,(H,30,32). The maximum atomic E-state index is 12.8. The van der Waals surface area contributed by atoms with Crippen LogP contribution in [-0.4, -0.2) is 17.2 Å². The van der Waals surface area contributed by atoms with E-state index in [-0.39, 0.29) is 0 Å². The lowest BCUT2D eigenvalue weighted by Gasteiger charge is -2.13. The number of hydrogen-bond donors (Lipinski definition) is 1. The van der Waals surface area contributed by atoms with E-state index in [2.05, 4.69) is 92.9 Å². The van der Waals surface area contributed by atoms with Gasteiger partial charge in [-0.2, -0.15) is 0 Å². The number of nitrogens with one attached hydrogen (secondary N) is 1. The molecule has 4 nitrogen and oxygen atoms in total. The smallest absolute Gasteiger partial charge is 0.392 e. The molecule has 0 unspecified atom stereocenters. The Kier molecular flexibility index (Phi) is 6.94. The summed E-state index contributed by atoms with van der Waals surface area (Å²) in [5, 5.41) is 2.90. The Morgan fingerprint density at radius 3 is 2.12 bits per heavy atom. The predicted molar refractivity (Wildman–Crippen MR) is 134 cm³/mol. The maximum Gasteiger partial charge on any atom is 0.413 e. The van der Waals surface area contributed by atoms with Crippen LogP contribution in [0, 0.1) is 20.8 Å². The number of carbonyl (C=O) groups excluding carboxylic acids is 1. The molecule has 0 saturated heterocycles. The number of nitrogens with zero attached hydrogens (tertiary/aromatic N) is 1. The second-order valence-corrected chi connectivity index (χ2v) is 8.52. The van der Waals surface area contributed by atoms with E-state index < -0.39 is 6.09 Å². The number of aromatic nitrogens is 1. The molecule has 0 aliphatic carbocycles. The molecule has 0 aliphatic rings. The van der Waals surface area contributed by atoms with Crippen LogP contribution >= 0.6 is 0 Å². The first-order valence-electron chi connectivity index (χ1n) is 11.3. The van der Waals surface area contributed by atoms with E-state index in [9.17, 15) is 4.79 Å². The lowest BCUT2D eigenvalue weighted by Crippen LogP contribution is -2.29. The Labute approximate surface area is 195 Å². The Morgan fingerprint density at radius 2 is 1.45 bits per heavy atom. The van der Waals surface area contributed by atoms with E-state index >= 15 is 0 Å². The summed E-state index contributed by atoms with van der Waals surface area (Å²) in [5.41, 5.74) is 7.79. The van der Waals surface area contributed by atoms with Crippen molar-refractivity contribution < 1.29 is 9.53 Å². The minimum absolute atomic E-state index is 0.442. The third-order valence-corrected chi connectivity index (χ3v) is 5.75. The Balaban J connectivity index is 1.57. The van der Waals surface area contributed by atoms with Crippen LogP contribution in [-0.2, 0) is 13.0 Å². The molecule has 0 radical (unpaired) electrons. The number of aryl methyl sites for hydroxylation is 3. The largest absolute Gasteiger partial charge is 0.413 e. The zero-order valence-corrected chi connectivity index (χ0v) is 19.5. The molecule has 0 fully saturated rings. The quantitative estimate of drug-likeness (QED) is 0.360. The van der Waals surface area contributed by atoms with Gasteiger partial charge in [0.25, 0.3) is 0 Å². The number of hydrogen-bond acceptors (Lipinski definition) is 2. The number of ether oxygens (including phenoxy) is 1. The predicted octanol–water partition coefficient (Wildman–Crippen LogP) is 6.46. The molecule has 4 rings (SSSR count). The molecule has 4 aromatic rings. The van der Waals surface area contributed by atoms with E-state index in [1.807, 2.05) is 22.8 Å². The highest BCUT2D eigenvalue weighted by atomic mass is 16.6. The highest BCUT2D eigenvalue weighted by Gasteiger charge is 2.20. The van der Waals surface area contributed by atoms with Gasteiger partial charge in [-0.05, 0) is 49.4 Å². The van der Waals surface area contributed by atoms with Crippen LogP contribution in [0.3, 0.4) is 0 Å². The monoisotopic (exact) mass is 438 g/mol. The summed E-state index contributed by atoms with van der Waals surface area (Å²) >= 11 is 0. The molecular formula is C29H30N2O2. The fourth-order valence-electron chi connectivity index (χ4n) is 3.94. The summed E-state index contributed by atoms with van der Waals surface area (Å²) in [6, 6.07) is 26.8. The van der Waals surface area contributed by atoms with E-state index in [1.165, 1.54) is 16.7 Å². The molecule has 1 amide bonds. The molecule has 3 aromatic carbocycles. The van der Waals surface area contributed by atoms with Crippen molar-refractivity contribution >= 4 is 6.09 Å². The van der Waals surface area contributed by atoms with E-state index in [0.29, 0.717) is 19.0 Å². The van der Waals surface area contributed by atoms with Crippen LogP contribution in [0.4, 0.5) is 4.79 Å². The summed E-state index contributed by atoms with van der Waals surface area (Å²) in [6.45, 7) is 7.34. The minimum atomic E-state index is -0.442. The third-order valence-electron chi connectivity index (χ3n) is 5.75. The van der Waals surface area contributed by atoms with E-state index in [4.69, 9.17) is 4.74 Å². The molecule has 1 N–H and O–H groups in total. The first kappa shape index (κ1) is 22.4. The minimum Gasteiger partial charge on any atom is -0.392 e. The van der Waals surface area contributed by atoms with Crippen molar-refractivity contribution in [3.63, 3.8) is 0 Å². The summed E-state index contributed by atoms with van der Waals surface area (Å²) < 4.78 is 7.95. The zero-order valence-electron chi connectivity index (χ0n) is 19.5. The number of rotatable bonds is 7. The van der Waals surface area contributed by atoms with Crippen LogP contribution in [0.25, 0.3) is 11.1 Å². The fourth-order valence-corrected chi connectivity index (χ4v) is 3.94. The van der Waals surface area contributed by atoms with E-state index in [0.717, 1.165) is 28.7 Å². The molecule has 0 aliphatic heterocycles. The topological polar surface area (TPSA) is 43.3 Å². The molecular weight excluding hydrogens is 408 g/mol. The molecule has 0 spiro atoms. The van der Waals surface area contributed by atoms with Crippen molar-refractivity contribution in [2.45, 2.75) is 33.7 Å². The second-order valence-electron chi connectivity index (χ2n) is 8.52. The van der Waals surface area contributed by atoms with Gasteiger partial charge in [0.2, 0.25) is 5.88 Å². The maximum absolute atomic E-state index is 12.8. The first-order chi connectivity index (χ1) is 16.0. The van der Waals surface area contributed by atoms with Gasteiger partial charge in [0.1, 0.15) is 0 Å². The molecule has 33 heavy (non-hydrogen) atoms. The lowest BCUT2D eigenvalue weighted by atomic mass is 10.0. The fraction of sp³-hybridized carbons (Fsp3) is 0.207. The highest BCUT2D eigenvalue weighted by molar-refractivity contribution is 5.78. The summed E-state index contributed by atoms with van der Waals surface area (Å²) in [7, 11) is 0. The van der Waals surface area contributed by atoms with Gasteiger partial charge >= 0.3 is 6.09 Å². The number of carbonyl (C=O) groups is 1. The van der Waals surface area contributed by atoms with E-state index in [1.54, 1.807) is 0 Å². The molecule has 0 bridgehead atoms. The normalized spacial score (nSPS) is 10.8. The second kappa shape index (κ2) is 10.2. The average Bonchev–Trinajstić information content (AvgIpc) is 3.11. The Morgan fingerprint density at radius 1 is 0.818 bits per heavy atom. The zero-order chi connectivity index (χ0) is 23.2. The molecule has 0 saturated carbocycles. The Bertz CT molecular complexity index is 1210. The van der Waals surface area contributed by atoms with Crippen LogP contribution in [0.5, 0.6) is 5.88 Å². The van der Waals surface area contributed by atoms with Crippen molar-refractivity contribution in [2.75, 3.05) is 6.54 Å². The van der Waals surface area contributed by atoms with Crippen LogP contribution in [0.2, 0.25) is 0 Å². The van der Waals surface area contributed by atoms with Gasteiger partial charge in [0, 0.05) is 18.3 Å². The number of amides is 1. The lowest BCUT2D eigenvalue weighted by molar-refractivity contribution is 0.197. The average molecular weight is 439 g/mol. The molecule has 4 heteroatoms. The van der Waals surface area contributed by atoms with Gasteiger partial charge in [-0.1, -0.05) is 90.0 Å². The SMILES string of the molecule is Cc1ccc(Cn2cc(C)c(-c3ccc(C)cc3)c2OC(=O)NCCc2ccccc2)cc1. The van der Waals surface area contributed by atoms with Gasteiger partial charge < -0.3 is 14.6 Å². The van der Waals surface area contributed by atoms with Crippen LogP contribution < -0.4 is 10.1 Å². The van der Waals surface area contributed by atoms with Gasteiger partial charge in [-0.15, -0.1) is 0 Å². The summed E-state index contributed by atoms with van der Waals surface area (Å²) in [6.07, 6.45) is 2.37. The molecule has 1 heterocycles. The van der Waals surface area contributed by atoms with Crippen molar-refractivity contribution in [3.05, 3.63) is 113 Å². The van der Waals surface area contributed by atoms with Crippen LogP contribution in [0.15, 0.2) is 85.1 Å². The molecule has 168 valence electrons. The van der Waals surface area contributed by atoms with Crippen molar-refractivity contribution in [3.8, 4) is 17.0 Å². The van der Waals surface area contributed by atoms with Gasteiger partial charge in [-0.3, -0.25) is 0 Å². The van der Waals surface area contributed by atoms with Gasteiger partial charge in [0.05, 0.1) is 6.54 Å². The summed E-state index contributed by atoms with van der Waals surface area (Å²) in [4.78, 5) is 12.8. The number of benzene rings is 3. The van der Waals surface area contributed by atoms with Gasteiger partial charge in [-0.25, -0.2) is 4.79 Å². The van der Waals surface area contributed by atoms with Gasteiger partial charge in [0.15, 0.2) is 0 Å². The van der Waals surface area contributed by atoms with Crippen molar-refractivity contribution in [2.24, 2.45) is 0 Å². The first-order valence-corrected chi connectivity index (χ1v) is 11.3. The highest BCUT2D eigenvalue weighted by Crippen LogP contribution is 2.36. The Hall–Kier alpha value is -3.79. The van der Waals surface area contributed by atoms with Crippen LogP contribution in [0.1, 0.15) is 27.8 Å². The molecule has 1 aromatic heterocycles. The summed E-state index contributed by atoms with van der Waals surface area (Å²) in [5.74, 6) is 0.564.